The van der Waals surface area contributed by atoms with Crippen LogP contribution in [0.2, 0.25) is 0 Å². The van der Waals surface area contributed by atoms with Crippen LogP contribution in [-0.2, 0) is 10.2 Å². The third-order valence-corrected chi connectivity index (χ3v) is 4.96. The number of nitrogens with one attached hydrogen (secondary N) is 1. The molecular weight excluding hydrogens is 331 g/mol. The average molecular weight is 352 g/mol. The standard InChI is InChI=1S/C21H21FN2O2/c1-2-26-18-9-10-19(15(13-18)14-23)24-20(25)21(11-3-4-12-21)16-5-7-17(22)8-6-16/h5-10,13H,2-4,11-12H2,1H3,(H,24,25). The topological polar surface area (TPSA) is 62.1 Å². The number of amides is 1. The van der Waals surface area contributed by atoms with Gasteiger partial charge in [0, 0.05) is 0 Å². The van der Waals surface area contributed by atoms with Gasteiger partial charge in [0.2, 0.25) is 5.91 Å². The first kappa shape index (κ1) is 17.9. The van der Waals surface area contributed by atoms with Crippen molar-refractivity contribution >= 4 is 11.6 Å². The molecule has 2 aromatic carbocycles. The van der Waals surface area contributed by atoms with Crippen molar-refractivity contribution in [3.8, 4) is 11.8 Å². The number of halogens is 1. The van der Waals surface area contributed by atoms with E-state index in [0.717, 1.165) is 18.4 Å². The molecule has 0 atom stereocenters. The first-order valence-corrected chi connectivity index (χ1v) is 8.83. The largest absolute Gasteiger partial charge is 0.494 e. The second kappa shape index (κ2) is 7.57. The Morgan fingerprint density at radius 1 is 1.23 bits per heavy atom. The van der Waals surface area contributed by atoms with Crippen molar-refractivity contribution < 1.29 is 13.9 Å². The molecular formula is C21H21FN2O2. The Morgan fingerprint density at radius 3 is 2.54 bits per heavy atom. The molecule has 1 amide bonds. The van der Waals surface area contributed by atoms with Crippen LogP contribution in [0.4, 0.5) is 10.1 Å². The molecule has 0 radical (unpaired) electrons. The Hall–Kier alpha value is -2.87. The minimum atomic E-state index is -0.682. The maximum absolute atomic E-state index is 13.3. The van der Waals surface area contributed by atoms with E-state index >= 15 is 0 Å². The van der Waals surface area contributed by atoms with Crippen LogP contribution in [0.25, 0.3) is 0 Å². The smallest absolute Gasteiger partial charge is 0.235 e. The van der Waals surface area contributed by atoms with E-state index in [9.17, 15) is 14.4 Å². The van der Waals surface area contributed by atoms with Gasteiger partial charge in [-0.2, -0.15) is 5.26 Å². The van der Waals surface area contributed by atoms with E-state index in [1.54, 1.807) is 30.3 Å². The lowest BCUT2D eigenvalue weighted by Crippen LogP contribution is -2.38. The molecule has 0 bridgehead atoms. The minimum absolute atomic E-state index is 0.151. The summed E-state index contributed by atoms with van der Waals surface area (Å²) in [4.78, 5) is 13.2. The Morgan fingerprint density at radius 2 is 1.92 bits per heavy atom. The van der Waals surface area contributed by atoms with Crippen molar-refractivity contribution in [1.82, 2.24) is 0 Å². The number of nitriles is 1. The molecule has 1 aliphatic rings. The zero-order chi connectivity index (χ0) is 18.6. The maximum atomic E-state index is 13.3. The number of hydrogen-bond acceptors (Lipinski definition) is 3. The Bertz CT molecular complexity index is 834. The van der Waals surface area contributed by atoms with Crippen molar-refractivity contribution in [3.05, 3.63) is 59.4 Å². The number of rotatable bonds is 5. The number of carbonyl (C=O) groups excluding carboxylic acids is 1. The van der Waals surface area contributed by atoms with Gasteiger partial charge in [-0.05, 0) is 55.7 Å². The van der Waals surface area contributed by atoms with Crippen molar-refractivity contribution in [2.75, 3.05) is 11.9 Å². The van der Waals surface area contributed by atoms with E-state index in [2.05, 4.69) is 11.4 Å². The Balaban J connectivity index is 1.90. The lowest BCUT2D eigenvalue weighted by atomic mass is 9.78. The molecule has 0 aliphatic heterocycles. The fraction of sp³-hybridized carbons (Fsp3) is 0.333. The van der Waals surface area contributed by atoms with Crippen LogP contribution >= 0.6 is 0 Å². The second-order valence-corrected chi connectivity index (χ2v) is 6.50. The van der Waals surface area contributed by atoms with E-state index in [4.69, 9.17) is 4.74 Å². The van der Waals surface area contributed by atoms with Gasteiger partial charge in [-0.25, -0.2) is 4.39 Å². The summed E-state index contributed by atoms with van der Waals surface area (Å²) in [5, 5.41) is 12.3. The van der Waals surface area contributed by atoms with Gasteiger partial charge in [0.05, 0.1) is 23.3 Å². The van der Waals surface area contributed by atoms with E-state index in [1.165, 1.54) is 12.1 Å². The maximum Gasteiger partial charge on any atom is 0.235 e. The lowest BCUT2D eigenvalue weighted by molar-refractivity contribution is -0.121. The van der Waals surface area contributed by atoms with Crippen molar-refractivity contribution in [3.63, 3.8) is 0 Å². The molecule has 0 heterocycles. The highest BCUT2D eigenvalue weighted by atomic mass is 19.1. The number of nitrogens with zero attached hydrogens (tertiary/aromatic N) is 1. The normalized spacial score (nSPS) is 15.3. The van der Waals surface area contributed by atoms with Crippen LogP contribution in [0.15, 0.2) is 42.5 Å². The highest BCUT2D eigenvalue weighted by Gasteiger charge is 2.42. The minimum Gasteiger partial charge on any atom is -0.494 e. The summed E-state index contributed by atoms with van der Waals surface area (Å²) in [6, 6.07) is 13.3. The molecule has 1 saturated carbocycles. The van der Waals surface area contributed by atoms with E-state index in [0.29, 0.717) is 36.4 Å². The van der Waals surface area contributed by atoms with Crippen molar-refractivity contribution in [2.24, 2.45) is 0 Å². The Labute approximate surface area is 152 Å². The molecule has 0 spiro atoms. The van der Waals surface area contributed by atoms with Gasteiger partial charge in [0.1, 0.15) is 17.6 Å². The summed E-state index contributed by atoms with van der Waals surface area (Å²) in [7, 11) is 0. The molecule has 0 unspecified atom stereocenters. The van der Waals surface area contributed by atoms with Crippen LogP contribution in [0.3, 0.4) is 0 Å². The number of ether oxygens (including phenoxy) is 1. The van der Waals surface area contributed by atoms with Crippen LogP contribution in [0.1, 0.15) is 43.7 Å². The fourth-order valence-corrected chi connectivity index (χ4v) is 3.62. The lowest BCUT2D eigenvalue weighted by Gasteiger charge is -2.28. The molecule has 1 fully saturated rings. The predicted molar refractivity (Wildman–Crippen MR) is 97.5 cm³/mol. The number of anilines is 1. The second-order valence-electron chi connectivity index (χ2n) is 6.50. The number of benzene rings is 2. The van der Waals surface area contributed by atoms with Crippen LogP contribution in [0, 0.1) is 17.1 Å². The van der Waals surface area contributed by atoms with Crippen molar-refractivity contribution in [2.45, 2.75) is 38.0 Å². The van der Waals surface area contributed by atoms with Crippen LogP contribution in [0.5, 0.6) is 5.75 Å². The third kappa shape index (κ3) is 3.41. The molecule has 0 aromatic heterocycles. The first-order chi connectivity index (χ1) is 12.6. The highest BCUT2D eigenvalue weighted by molar-refractivity contribution is 6.00. The van der Waals surface area contributed by atoms with Crippen LogP contribution < -0.4 is 10.1 Å². The summed E-state index contributed by atoms with van der Waals surface area (Å²) in [6.45, 7) is 2.37. The van der Waals surface area contributed by atoms with E-state index < -0.39 is 5.41 Å². The zero-order valence-corrected chi connectivity index (χ0v) is 14.7. The molecule has 5 heteroatoms. The number of carbonyl (C=O) groups is 1. The molecule has 4 nitrogen and oxygen atoms in total. The summed E-state index contributed by atoms with van der Waals surface area (Å²) in [5.74, 6) is 0.124. The molecule has 134 valence electrons. The predicted octanol–water partition coefficient (Wildman–Crippen LogP) is 4.55. The van der Waals surface area contributed by atoms with E-state index in [1.807, 2.05) is 6.92 Å². The summed E-state index contributed by atoms with van der Waals surface area (Å²) in [5.41, 5.74) is 0.961. The van der Waals surface area contributed by atoms with Gasteiger partial charge in [0.25, 0.3) is 0 Å². The van der Waals surface area contributed by atoms with Gasteiger partial charge in [-0.1, -0.05) is 25.0 Å². The Kier molecular flexibility index (Phi) is 5.22. The molecule has 1 aliphatic carbocycles. The quantitative estimate of drug-likeness (QED) is 0.859. The fourth-order valence-electron chi connectivity index (χ4n) is 3.62. The van der Waals surface area contributed by atoms with Gasteiger partial charge >= 0.3 is 0 Å². The zero-order valence-electron chi connectivity index (χ0n) is 14.7. The van der Waals surface area contributed by atoms with Gasteiger partial charge in [0.15, 0.2) is 0 Å². The van der Waals surface area contributed by atoms with Gasteiger partial charge in [-0.3, -0.25) is 4.79 Å². The summed E-state index contributed by atoms with van der Waals surface area (Å²) < 4.78 is 18.7. The molecule has 0 saturated heterocycles. The highest BCUT2D eigenvalue weighted by Crippen LogP contribution is 2.42. The van der Waals surface area contributed by atoms with Gasteiger partial charge in [-0.15, -0.1) is 0 Å². The van der Waals surface area contributed by atoms with Crippen LogP contribution in [-0.4, -0.2) is 12.5 Å². The third-order valence-electron chi connectivity index (χ3n) is 4.96. The molecule has 2 aromatic rings. The SMILES string of the molecule is CCOc1ccc(NC(=O)C2(c3ccc(F)cc3)CCCC2)c(C#N)c1. The summed E-state index contributed by atoms with van der Waals surface area (Å²) in [6.07, 6.45) is 3.31. The first-order valence-electron chi connectivity index (χ1n) is 8.83. The molecule has 3 rings (SSSR count). The average Bonchev–Trinajstić information content (AvgIpc) is 3.15. The summed E-state index contributed by atoms with van der Waals surface area (Å²) >= 11 is 0. The van der Waals surface area contributed by atoms with E-state index in [-0.39, 0.29) is 11.7 Å². The van der Waals surface area contributed by atoms with Gasteiger partial charge < -0.3 is 10.1 Å². The monoisotopic (exact) mass is 352 g/mol. The molecule has 26 heavy (non-hydrogen) atoms. The number of hydrogen-bond donors (Lipinski definition) is 1. The molecule has 1 N–H and O–H groups in total. The van der Waals surface area contributed by atoms with Crippen molar-refractivity contribution in [1.29, 1.82) is 5.26 Å².